The number of rotatable bonds is 0. The third kappa shape index (κ3) is 5.61. The van der Waals surface area contributed by atoms with Crippen LogP contribution in [0.4, 0.5) is 0 Å². The molecule has 0 radical (unpaired) electrons. The van der Waals surface area contributed by atoms with Gasteiger partial charge in [0, 0.05) is 22.1 Å². The van der Waals surface area contributed by atoms with Gasteiger partial charge >= 0.3 is 17.1 Å². The smallest absolute Gasteiger partial charge is 0.662 e. The molecule has 1 fully saturated rings. The molecule has 0 amide bonds. The van der Waals surface area contributed by atoms with Crippen molar-refractivity contribution in [2.75, 3.05) is 13.1 Å². The number of aromatic nitrogens is 4. The van der Waals surface area contributed by atoms with Gasteiger partial charge in [-0.25, -0.2) is 9.97 Å². The monoisotopic (exact) mass is 457 g/mol. The second kappa shape index (κ2) is 9.92. The first-order valence-corrected chi connectivity index (χ1v) is 10.5. The molecule has 3 aromatic rings. The van der Waals surface area contributed by atoms with Gasteiger partial charge in [-0.1, -0.05) is 19.3 Å². The molecule has 2 N–H and O–H groups in total. The first kappa shape index (κ1) is 21.3. The second-order valence-corrected chi connectivity index (χ2v) is 7.64. The minimum absolute atomic E-state index is 0. The zero-order valence-electron chi connectivity index (χ0n) is 17.1. The van der Waals surface area contributed by atoms with Gasteiger partial charge in [-0.3, -0.25) is 0 Å². The summed E-state index contributed by atoms with van der Waals surface area (Å²) in [6, 6.07) is 16.4. The molecule has 6 heterocycles. The predicted octanol–water partition coefficient (Wildman–Crippen LogP) is 6.20. The van der Waals surface area contributed by atoms with Crippen molar-refractivity contribution in [3.63, 3.8) is 0 Å². The van der Waals surface area contributed by atoms with E-state index >= 15 is 0 Å². The molecule has 0 spiro atoms. The average Bonchev–Trinajstić information content (AvgIpc) is 3.56. The summed E-state index contributed by atoms with van der Waals surface area (Å²) in [7, 11) is 0. The van der Waals surface area contributed by atoms with Crippen LogP contribution in [-0.2, 0) is 17.1 Å². The number of aromatic amines is 2. The number of H-pyrrole nitrogens is 2. The van der Waals surface area contributed by atoms with Crippen molar-refractivity contribution in [2.45, 2.75) is 19.3 Å². The van der Waals surface area contributed by atoms with Gasteiger partial charge in [0.25, 0.3) is 0 Å². The van der Waals surface area contributed by atoms with Gasteiger partial charge in [0.15, 0.2) is 0 Å². The summed E-state index contributed by atoms with van der Waals surface area (Å²) in [6.07, 6.45) is 12.1. The minimum atomic E-state index is 0. The number of nitrogens with one attached hydrogen (secondary N) is 2. The van der Waals surface area contributed by atoms with E-state index in [-0.39, 0.29) is 17.1 Å². The summed E-state index contributed by atoms with van der Waals surface area (Å²) in [5, 5.41) is 4.18. The van der Waals surface area contributed by atoms with Crippen molar-refractivity contribution in [2.24, 2.45) is 0 Å². The van der Waals surface area contributed by atoms with E-state index in [2.05, 4.69) is 55.6 Å². The summed E-state index contributed by atoms with van der Waals surface area (Å²) in [4.78, 5) is 16.0. The van der Waals surface area contributed by atoms with Crippen molar-refractivity contribution in [3.05, 3.63) is 76.6 Å². The molecule has 0 saturated carbocycles. The first-order chi connectivity index (χ1) is 14.8. The Bertz CT molecular complexity index is 1160. The molecule has 1 saturated heterocycles. The van der Waals surface area contributed by atoms with Crippen molar-refractivity contribution in [3.8, 4) is 0 Å². The maximum atomic E-state index is 4.62. The summed E-state index contributed by atoms with van der Waals surface area (Å²) in [5.74, 6) is 0. The molecule has 3 aliphatic heterocycles. The van der Waals surface area contributed by atoms with Crippen LogP contribution in [0.2, 0.25) is 0 Å². The van der Waals surface area contributed by atoms with Gasteiger partial charge in [0.2, 0.25) is 0 Å². The normalized spacial score (nSPS) is 14.5. The molecule has 8 bridgehead atoms. The fraction of sp³-hybridized carbons (Fsp3) is 0.200. The van der Waals surface area contributed by atoms with Gasteiger partial charge in [0.1, 0.15) is 0 Å². The van der Waals surface area contributed by atoms with Gasteiger partial charge in [-0.2, -0.15) is 0 Å². The largest absolute Gasteiger partial charge is 1.00 e. The average molecular weight is 458 g/mol. The SMILES string of the molecule is C1=Cc2cc3ccc(cc4ccc(cc5nc(cc1n2)C=C5)[nH]4)[nH]3.C1CC[N-]CC1.[Cu+]. The molecule has 3 aliphatic rings. The molecule has 160 valence electrons. The molecule has 0 aliphatic carbocycles. The van der Waals surface area contributed by atoms with Crippen LogP contribution < -0.4 is 0 Å². The van der Waals surface area contributed by atoms with Crippen LogP contribution in [0, 0.1) is 0 Å². The van der Waals surface area contributed by atoms with Crippen LogP contribution in [0.1, 0.15) is 42.0 Å². The van der Waals surface area contributed by atoms with Crippen molar-refractivity contribution >= 4 is 46.4 Å². The van der Waals surface area contributed by atoms with Crippen LogP contribution in [-0.4, -0.2) is 33.0 Å². The third-order valence-electron chi connectivity index (χ3n) is 5.17. The van der Waals surface area contributed by atoms with E-state index in [1.165, 1.54) is 19.3 Å². The van der Waals surface area contributed by atoms with Crippen LogP contribution in [0.15, 0.2) is 48.5 Å². The quantitative estimate of drug-likeness (QED) is 0.272. The molecule has 5 nitrogen and oxygen atoms in total. The zero-order chi connectivity index (χ0) is 20.2. The second-order valence-electron chi connectivity index (χ2n) is 7.64. The molecular formula is C25H24CuN5. The molecule has 0 unspecified atom stereocenters. The van der Waals surface area contributed by atoms with Crippen LogP contribution in [0.3, 0.4) is 0 Å². The molecule has 0 atom stereocenters. The van der Waals surface area contributed by atoms with E-state index in [1.807, 2.05) is 42.5 Å². The predicted molar refractivity (Wildman–Crippen MR) is 126 cm³/mol. The number of nitrogens with zero attached hydrogens (tertiary/aromatic N) is 3. The Morgan fingerprint density at radius 1 is 0.548 bits per heavy atom. The van der Waals surface area contributed by atoms with Gasteiger partial charge in [0.05, 0.1) is 22.8 Å². The maximum absolute atomic E-state index is 4.62. The van der Waals surface area contributed by atoms with E-state index in [9.17, 15) is 0 Å². The minimum Gasteiger partial charge on any atom is -0.662 e. The third-order valence-corrected chi connectivity index (χ3v) is 5.17. The number of hydrogen-bond acceptors (Lipinski definition) is 2. The summed E-state index contributed by atoms with van der Waals surface area (Å²) in [6.45, 7) is 2.25. The van der Waals surface area contributed by atoms with Crippen molar-refractivity contribution in [1.82, 2.24) is 19.9 Å². The number of piperidine rings is 1. The Hall–Kier alpha value is -2.92. The molecule has 0 aromatic carbocycles. The molecular weight excluding hydrogens is 434 g/mol. The van der Waals surface area contributed by atoms with Crippen LogP contribution in [0.5, 0.6) is 0 Å². The fourth-order valence-electron chi connectivity index (χ4n) is 3.68. The molecule has 3 aromatic heterocycles. The van der Waals surface area contributed by atoms with E-state index in [0.717, 1.165) is 57.9 Å². The van der Waals surface area contributed by atoms with Gasteiger partial charge < -0.3 is 15.3 Å². The summed E-state index contributed by atoms with van der Waals surface area (Å²) >= 11 is 0. The Kier molecular flexibility index (Phi) is 6.82. The standard InChI is InChI=1S/C20H14N4.C5H10N.Cu/c1-2-14-10-16-5-6-18(23-16)12-20-8-7-19(24-20)11-17-4-3-15(22-17)9-13(1)21-14;1-2-4-6-5-3-1;/h1-12,21-22H;1-5H2;/q;-1;+1. The topological polar surface area (TPSA) is 71.5 Å². The molecule has 31 heavy (non-hydrogen) atoms. The zero-order valence-corrected chi connectivity index (χ0v) is 18.0. The van der Waals surface area contributed by atoms with Crippen molar-refractivity contribution in [1.29, 1.82) is 0 Å². The Labute approximate surface area is 192 Å². The molecule has 6 rings (SSSR count). The summed E-state index contributed by atoms with van der Waals surface area (Å²) in [5.41, 5.74) is 7.86. The number of hydrogen-bond donors (Lipinski definition) is 2. The van der Waals surface area contributed by atoms with E-state index in [0.29, 0.717) is 0 Å². The van der Waals surface area contributed by atoms with Gasteiger partial charge in [-0.15, -0.1) is 13.1 Å². The van der Waals surface area contributed by atoms with E-state index < -0.39 is 0 Å². The van der Waals surface area contributed by atoms with Crippen LogP contribution >= 0.6 is 0 Å². The Balaban J connectivity index is 0.000000288. The van der Waals surface area contributed by atoms with Gasteiger partial charge in [-0.05, 0) is 72.8 Å². The van der Waals surface area contributed by atoms with Crippen LogP contribution in [0.25, 0.3) is 51.7 Å². The van der Waals surface area contributed by atoms with E-state index in [4.69, 9.17) is 0 Å². The Morgan fingerprint density at radius 3 is 1.35 bits per heavy atom. The molecule has 6 heteroatoms. The summed E-state index contributed by atoms with van der Waals surface area (Å²) < 4.78 is 0. The first-order valence-electron chi connectivity index (χ1n) is 10.5. The fourth-order valence-corrected chi connectivity index (χ4v) is 3.68. The Morgan fingerprint density at radius 2 is 0.968 bits per heavy atom. The van der Waals surface area contributed by atoms with E-state index in [1.54, 1.807) is 0 Å². The van der Waals surface area contributed by atoms with Crippen molar-refractivity contribution < 1.29 is 17.1 Å². The number of fused-ring (bicyclic) bond motifs is 8. The maximum Gasteiger partial charge on any atom is 1.00 e.